The average Bonchev–Trinajstić information content (AvgIpc) is 2.57. The van der Waals surface area contributed by atoms with Crippen molar-refractivity contribution in [3.63, 3.8) is 0 Å². The maximum Gasteiger partial charge on any atom is 0.191 e. The van der Waals surface area contributed by atoms with Crippen LogP contribution in [0.15, 0.2) is 4.99 Å². The van der Waals surface area contributed by atoms with Crippen LogP contribution in [-0.4, -0.2) is 64.2 Å². The van der Waals surface area contributed by atoms with E-state index in [0.717, 1.165) is 51.3 Å². The maximum atomic E-state index is 9.29. The quantitative estimate of drug-likeness (QED) is 0.161. The molecule has 0 saturated carbocycles. The molecule has 0 heterocycles. The third-order valence-corrected chi connectivity index (χ3v) is 4.25. The fourth-order valence-corrected chi connectivity index (χ4v) is 2.36. The van der Waals surface area contributed by atoms with Crippen LogP contribution in [0.1, 0.15) is 46.5 Å². The van der Waals surface area contributed by atoms with E-state index in [1.54, 1.807) is 7.11 Å². The zero-order chi connectivity index (χ0) is 17.4. The Kier molecular flexibility index (Phi) is 19.3. The molecule has 0 aliphatic heterocycles. The molecule has 0 unspecified atom stereocenters. The third-order valence-electron chi connectivity index (χ3n) is 4.25. The Morgan fingerprint density at radius 3 is 2.33 bits per heavy atom. The van der Waals surface area contributed by atoms with Gasteiger partial charge in [0.25, 0.3) is 0 Å². The number of hydrogen-bond donors (Lipinski definition) is 3. The molecule has 0 aliphatic rings. The predicted octanol–water partition coefficient (Wildman–Crippen LogP) is 2.40. The summed E-state index contributed by atoms with van der Waals surface area (Å²) in [4.78, 5) is 4.72. The topological polar surface area (TPSA) is 75.1 Å². The predicted molar refractivity (Wildman–Crippen MR) is 111 cm³/mol. The van der Waals surface area contributed by atoms with E-state index < -0.39 is 0 Å². The van der Waals surface area contributed by atoms with Crippen molar-refractivity contribution in [2.45, 2.75) is 46.5 Å². The van der Waals surface area contributed by atoms with E-state index in [1.165, 1.54) is 0 Å². The summed E-state index contributed by atoms with van der Waals surface area (Å²) < 4.78 is 10.4. The Labute approximate surface area is 165 Å². The molecule has 7 heteroatoms. The van der Waals surface area contributed by atoms with Gasteiger partial charge in [-0.3, -0.25) is 4.99 Å². The van der Waals surface area contributed by atoms with Gasteiger partial charge in [0, 0.05) is 40.0 Å². The van der Waals surface area contributed by atoms with Crippen LogP contribution >= 0.6 is 24.0 Å². The summed E-state index contributed by atoms with van der Waals surface area (Å²) in [5, 5.41) is 15.9. The summed E-state index contributed by atoms with van der Waals surface area (Å²) in [6, 6.07) is 0. The molecule has 0 aliphatic carbocycles. The van der Waals surface area contributed by atoms with Crippen LogP contribution in [-0.2, 0) is 9.47 Å². The minimum atomic E-state index is 0. The molecule has 146 valence electrons. The highest BCUT2D eigenvalue weighted by Gasteiger charge is 2.25. The second kappa shape index (κ2) is 17.7. The maximum absolute atomic E-state index is 9.29. The van der Waals surface area contributed by atoms with E-state index in [1.807, 2.05) is 0 Å². The molecule has 0 aromatic heterocycles. The monoisotopic (exact) mass is 459 g/mol. The van der Waals surface area contributed by atoms with E-state index >= 15 is 0 Å². The zero-order valence-corrected chi connectivity index (χ0v) is 18.2. The van der Waals surface area contributed by atoms with E-state index in [2.05, 4.69) is 31.4 Å². The first kappa shape index (κ1) is 26.1. The van der Waals surface area contributed by atoms with Gasteiger partial charge in [-0.05, 0) is 38.0 Å². The lowest BCUT2D eigenvalue weighted by Gasteiger charge is -2.29. The molecule has 24 heavy (non-hydrogen) atoms. The van der Waals surface area contributed by atoms with Crippen molar-refractivity contribution in [3.8, 4) is 0 Å². The van der Waals surface area contributed by atoms with Crippen LogP contribution in [0.5, 0.6) is 0 Å². The first-order chi connectivity index (χ1) is 11.2. The number of aliphatic hydroxyl groups excluding tert-OH is 1. The van der Waals surface area contributed by atoms with Crippen molar-refractivity contribution >= 4 is 29.9 Å². The fourth-order valence-electron chi connectivity index (χ4n) is 2.36. The van der Waals surface area contributed by atoms with Crippen LogP contribution in [0.3, 0.4) is 0 Å². The summed E-state index contributed by atoms with van der Waals surface area (Å²) in [5.74, 6) is 0.841. The van der Waals surface area contributed by atoms with Crippen molar-refractivity contribution in [2.75, 3.05) is 53.2 Å². The van der Waals surface area contributed by atoms with Crippen LogP contribution in [0.2, 0.25) is 0 Å². The van der Waals surface area contributed by atoms with Gasteiger partial charge in [0.05, 0.1) is 13.2 Å². The Balaban J connectivity index is 0. The minimum Gasteiger partial charge on any atom is -0.396 e. The Hall–Kier alpha value is -0.120. The van der Waals surface area contributed by atoms with E-state index in [0.29, 0.717) is 19.8 Å². The minimum absolute atomic E-state index is 0. The summed E-state index contributed by atoms with van der Waals surface area (Å²) in [7, 11) is 1.67. The second-order valence-electron chi connectivity index (χ2n) is 5.76. The van der Waals surface area contributed by atoms with Gasteiger partial charge in [-0.1, -0.05) is 13.8 Å². The van der Waals surface area contributed by atoms with Crippen LogP contribution < -0.4 is 10.6 Å². The first-order valence-electron chi connectivity index (χ1n) is 8.87. The summed E-state index contributed by atoms with van der Waals surface area (Å²) in [6.07, 6.45) is 3.79. The fraction of sp³-hybridized carbons (Fsp3) is 0.941. The van der Waals surface area contributed by atoms with Gasteiger partial charge < -0.3 is 25.2 Å². The lowest BCUT2D eigenvalue weighted by Crippen LogP contribution is -2.39. The number of aliphatic hydroxyl groups is 1. The molecular formula is C17H38IN3O3. The highest BCUT2D eigenvalue weighted by Crippen LogP contribution is 2.30. The number of nitrogens with zero attached hydrogens (tertiary/aromatic N) is 1. The molecule has 0 radical (unpaired) electrons. The number of ether oxygens (including phenoxy) is 2. The van der Waals surface area contributed by atoms with E-state index in [4.69, 9.17) is 14.5 Å². The number of guanidine groups is 1. The molecule has 0 atom stereocenters. The van der Waals surface area contributed by atoms with Crippen molar-refractivity contribution < 1.29 is 14.6 Å². The van der Waals surface area contributed by atoms with Crippen LogP contribution in [0.4, 0.5) is 0 Å². The Morgan fingerprint density at radius 2 is 1.79 bits per heavy atom. The normalized spacial score (nSPS) is 12.0. The number of methoxy groups -OCH3 is 1. The largest absolute Gasteiger partial charge is 0.396 e. The molecule has 0 saturated heterocycles. The van der Waals surface area contributed by atoms with Gasteiger partial charge >= 0.3 is 0 Å². The van der Waals surface area contributed by atoms with Gasteiger partial charge in [-0.15, -0.1) is 24.0 Å². The SMILES string of the molecule is CCNC(=NCC(CC)(CC)CCO)NCCCOCCOC.I. The smallest absolute Gasteiger partial charge is 0.191 e. The zero-order valence-electron chi connectivity index (χ0n) is 15.9. The first-order valence-corrected chi connectivity index (χ1v) is 8.87. The van der Waals surface area contributed by atoms with Crippen LogP contribution in [0, 0.1) is 5.41 Å². The second-order valence-corrected chi connectivity index (χ2v) is 5.76. The molecule has 3 N–H and O–H groups in total. The molecule has 0 spiro atoms. The number of hydrogen-bond acceptors (Lipinski definition) is 4. The molecule has 0 fully saturated rings. The van der Waals surface area contributed by atoms with Gasteiger partial charge in [0.2, 0.25) is 0 Å². The molecule has 0 amide bonds. The summed E-state index contributed by atoms with van der Waals surface area (Å²) >= 11 is 0. The molecule has 6 nitrogen and oxygen atoms in total. The van der Waals surface area contributed by atoms with Gasteiger partial charge in [0.15, 0.2) is 5.96 Å². The lowest BCUT2D eigenvalue weighted by atomic mass is 9.79. The highest BCUT2D eigenvalue weighted by atomic mass is 127. The van der Waals surface area contributed by atoms with Gasteiger partial charge in [0.1, 0.15) is 0 Å². The van der Waals surface area contributed by atoms with Crippen molar-refractivity contribution in [1.29, 1.82) is 0 Å². The van der Waals surface area contributed by atoms with Gasteiger partial charge in [-0.25, -0.2) is 0 Å². The van der Waals surface area contributed by atoms with Crippen LogP contribution in [0.25, 0.3) is 0 Å². The average molecular weight is 459 g/mol. The molecule has 0 rings (SSSR count). The Morgan fingerprint density at radius 1 is 1.08 bits per heavy atom. The summed E-state index contributed by atoms with van der Waals surface area (Å²) in [6.45, 7) is 11.0. The van der Waals surface area contributed by atoms with E-state index in [-0.39, 0.29) is 36.0 Å². The number of halogens is 1. The molecule has 0 aromatic rings. The lowest BCUT2D eigenvalue weighted by molar-refractivity contribution is 0.0698. The number of rotatable bonds is 14. The molecule has 0 bridgehead atoms. The Bertz CT molecular complexity index is 301. The molecular weight excluding hydrogens is 421 g/mol. The molecule has 0 aromatic carbocycles. The highest BCUT2D eigenvalue weighted by molar-refractivity contribution is 14.0. The number of aliphatic imine (C=N–C) groups is 1. The third kappa shape index (κ3) is 12.3. The van der Waals surface area contributed by atoms with Crippen molar-refractivity contribution in [3.05, 3.63) is 0 Å². The summed E-state index contributed by atoms with van der Waals surface area (Å²) in [5.41, 5.74) is 0.0976. The standard InChI is InChI=1S/C17H37N3O3.HI/c1-5-17(6-2,9-11-21)15-20-16(18-7-3)19-10-8-12-23-14-13-22-4;/h21H,5-15H2,1-4H3,(H2,18,19,20);1H. The van der Waals surface area contributed by atoms with Crippen molar-refractivity contribution in [1.82, 2.24) is 10.6 Å². The van der Waals surface area contributed by atoms with Gasteiger partial charge in [-0.2, -0.15) is 0 Å². The van der Waals surface area contributed by atoms with E-state index in [9.17, 15) is 5.11 Å². The number of nitrogens with one attached hydrogen (secondary N) is 2. The van der Waals surface area contributed by atoms with Crippen molar-refractivity contribution in [2.24, 2.45) is 10.4 Å².